The van der Waals surface area contributed by atoms with E-state index in [4.69, 9.17) is 19.4 Å². The maximum absolute atomic E-state index is 11.3. The first kappa shape index (κ1) is 26.5. The van der Waals surface area contributed by atoms with Crippen molar-refractivity contribution < 1.29 is 19.4 Å². The van der Waals surface area contributed by atoms with Gasteiger partial charge in [0.2, 0.25) is 5.95 Å². The Hall–Kier alpha value is -3.07. The highest BCUT2D eigenvalue weighted by molar-refractivity contribution is 5.93. The first-order valence-corrected chi connectivity index (χ1v) is 13.6. The third kappa shape index (κ3) is 5.82. The topological polar surface area (TPSA) is 88.0 Å². The Labute approximate surface area is 224 Å². The molecular formula is C30H38N4O4. The number of benzene rings is 1. The zero-order chi connectivity index (χ0) is 26.5. The lowest BCUT2D eigenvalue weighted by atomic mass is 9.91. The van der Waals surface area contributed by atoms with E-state index in [9.17, 15) is 9.90 Å². The van der Waals surface area contributed by atoms with Crippen molar-refractivity contribution in [3.8, 4) is 0 Å². The average molecular weight is 519 g/mol. The number of carbonyl (C=O) groups excluding carboxylic acids is 1. The molecule has 0 spiro atoms. The summed E-state index contributed by atoms with van der Waals surface area (Å²) in [7, 11) is 0. The molecule has 3 aliphatic rings. The van der Waals surface area contributed by atoms with Crippen LogP contribution in [-0.2, 0) is 14.3 Å². The highest BCUT2D eigenvalue weighted by atomic mass is 16.5. The van der Waals surface area contributed by atoms with Gasteiger partial charge in [-0.15, -0.1) is 0 Å². The predicted molar refractivity (Wildman–Crippen MR) is 150 cm³/mol. The third-order valence-corrected chi connectivity index (χ3v) is 7.70. The van der Waals surface area contributed by atoms with Gasteiger partial charge in [-0.3, -0.25) is 0 Å². The number of aromatic nitrogens is 2. The summed E-state index contributed by atoms with van der Waals surface area (Å²) in [6.07, 6.45) is 11.2. The van der Waals surface area contributed by atoms with Crippen LogP contribution in [0.15, 0.2) is 49.1 Å². The van der Waals surface area contributed by atoms with Crippen molar-refractivity contribution in [1.29, 1.82) is 0 Å². The number of hydrogen-bond donors (Lipinski definition) is 1. The summed E-state index contributed by atoms with van der Waals surface area (Å²) in [6.45, 7) is 10.7. The lowest BCUT2D eigenvalue weighted by molar-refractivity contribution is -0.110. The lowest BCUT2D eigenvalue weighted by Gasteiger charge is -2.41. The molecule has 0 bridgehead atoms. The normalized spacial score (nSPS) is 24.8. The summed E-state index contributed by atoms with van der Waals surface area (Å²) in [5.41, 5.74) is 2.79. The summed E-state index contributed by atoms with van der Waals surface area (Å²) < 4.78 is 11.7. The number of anilines is 2. The number of aliphatic hydroxyl groups is 1. The van der Waals surface area contributed by atoms with Gasteiger partial charge in [0, 0.05) is 49.4 Å². The highest BCUT2D eigenvalue weighted by Crippen LogP contribution is 2.35. The summed E-state index contributed by atoms with van der Waals surface area (Å²) in [6, 6.07) is 6.35. The van der Waals surface area contributed by atoms with Crippen molar-refractivity contribution in [2.75, 3.05) is 62.5 Å². The van der Waals surface area contributed by atoms with E-state index in [1.807, 2.05) is 19.1 Å². The van der Waals surface area contributed by atoms with Crippen molar-refractivity contribution in [3.05, 3.63) is 54.6 Å². The van der Waals surface area contributed by atoms with Crippen molar-refractivity contribution in [3.63, 3.8) is 0 Å². The van der Waals surface area contributed by atoms with Crippen molar-refractivity contribution in [2.24, 2.45) is 17.8 Å². The smallest absolute Gasteiger partial charge is 0.227 e. The van der Waals surface area contributed by atoms with Gasteiger partial charge in [-0.05, 0) is 36.1 Å². The quantitative estimate of drug-likeness (QED) is 0.530. The molecule has 1 aromatic heterocycles. The van der Waals surface area contributed by atoms with Gasteiger partial charge in [0.05, 0.1) is 38.0 Å². The third-order valence-electron chi connectivity index (χ3n) is 7.70. The molecule has 2 aliphatic heterocycles. The zero-order valence-corrected chi connectivity index (χ0v) is 22.2. The minimum atomic E-state index is -0.0872. The number of carbonyl (C=O) groups is 1. The molecule has 2 saturated heterocycles. The lowest BCUT2D eigenvalue weighted by Crippen LogP contribution is -2.50. The molecule has 0 saturated carbocycles. The molecule has 3 unspecified atom stereocenters. The van der Waals surface area contributed by atoms with Crippen molar-refractivity contribution in [2.45, 2.75) is 25.8 Å². The summed E-state index contributed by atoms with van der Waals surface area (Å²) in [4.78, 5) is 26.0. The molecule has 3 heterocycles. The van der Waals surface area contributed by atoms with E-state index in [0.717, 1.165) is 47.1 Å². The summed E-state index contributed by atoms with van der Waals surface area (Å²) in [5.74, 6) is 1.80. The van der Waals surface area contributed by atoms with Gasteiger partial charge < -0.3 is 29.2 Å². The Morgan fingerprint density at radius 2 is 2.05 bits per heavy atom. The number of nitrogens with zero attached hydrogens (tertiary/aromatic N) is 4. The second-order valence-corrected chi connectivity index (χ2v) is 10.6. The van der Waals surface area contributed by atoms with Crippen LogP contribution >= 0.6 is 0 Å². The first-order valence-electron chi connectivity index (χ1n) is 13.6. The van der Waals surface area contributed by atoms with E-state index in [1.54, 1.807) is 0 Å². The van der Waals surface area contributed by atoms with E-state index in [-0.39, 0.29) is 24.5 Å². The minimum absolute atomic E-state index is 0.0149. The molecule has 8 nitrogen and oxygen atoms in total. The molecule has 8 heteroatoms. The van der Waals surface area contributed by atoms with Crippen LogP contribution in [0, 0.1) is 17.8 Å². The minimum Gasteiger partial charge on any atom is -0.396 e. The number of ether oxygens (including phenoxy) is 2. The molecule has 2 fully saturated rings. The first-order chi connectivity index (χ1) is 18.6. The van der Waals surface area contributed by atoms with Gasteiger partial charge in [-0.1, -0.05) is 43.9 Å². The van der Waals surface area contributed by atoms with E-state index in [0.29, 0.717) is 57.8 Å². The van der Waals surface area contributed by atoms with Crippen molar-refractivity contribution in [1.82, 2.24) is 9.97 Å². The van der Waals surface area contributed by atoms with Crippen LogP contribution in [0.2, 0.25) is 0 Å². The number of fused-ring (bicyclic) bond motifs is 1. The van der Waals surface area contributed by atoms with Gasteiger partial charge in [0.1, 0.15) is 12.1 Å². The van der Waals surface area contributed by atoms with Crippen LogP contribution in [-0.4, -0.2) is 80.1 Å². The molecule has 4 atom stereocenters. The second-order valence-electron chi connectivity index (χ2n) is 10.6. The molecule has 1 aliphatic carbocycles. The fourth-order valence-corrected chi connectivity index (χ4v) is 5.53. The predicted octanol–water partition coefficient (Wildman–Crippen LogP) is 3.65. The molecule has 0 amide bonds. The van der Waals surface area contributed by atoms with E-state index in [2.05, 4.69) is 46.7 Å². The molecule has 1 N–H and O–H groups in total. The van der Waals surface area contributed by atoms with Gasteiger partial charge in [0.25, 0.3) is 0 Å². The number of morpholine rings is 1. The van der Waals surface area contributed by atoms with Crippen LogP contribution in [0.5, 0.6) is 0 Å². The van der Waals surface area contributed by atoms with Crippen LogP contribution in [0.3, 0.4) is 0 Å². The molecule has 38 heavy (non-hydrogen) atoms. The fraction of sp³-hybridized carbons (Fsp3) is 0.500. The van der Waals surface area contributed by atoms with E-state index in [1.165, 1.54) is 0 Å². The summed E-state index contributed by atoms with van der Waals surface area (Å²) >= 11 is 0. The second kappa shape index (κ2) is 12.2. The Kier molecular flexibility index (Phi) is 8.51. The Balaban J connectivity index is 1.59. The largest absolute Gasteiger partial charge is 0.396 e. The number of rotatable bonds is 8. The van der Waals surface area contributed by atoms with Crippen LogP contribution < -0.4 is 9.80 Å². The maximum Gasteiger partial charge on any atom is 0.227 e. The molecular weight excluding hydrogens is 480 g/mol. The monoisotopic (exact) mass is 518 g/mol. The van der Waals surface area contributed by atoms with E-state index >= 15 is 0 Å². The average Bonchev–Trinajstić information content (AvgIpc) is 3.22. The molecule has 5 rings (SSSR count). The van der Waals surface area contributed by atoms with Gasteiger partial charge in [0.15, 0.2) is 0 Å². The number of allylic oxidation sites excluding steroid dienone is 4. The SMILES string of the molecule is C=C(CC(C)C=O)c1ccc2nc(N3CCOCC(CO)C3)nc(N3CCOC[C@@H]3C3C=CC=CC3)c2c1. The molecule has 1 aromatic carbocycles. The fourth-order valence-electron chi connectivity index (χ4n) is 5.53. The molecule has 2 aromatic rings. The maximum atomic E-state index is 11.3. The van der Waals surface area contributed by atoms with E-state index < -0.39 is 0 Å². The summed E-state index contributed by atoms with van der Waals surface area (Å²) in [5, 5.41) is 10.8. The number of hydrogen-bond acceptors (Lipinski definition) is 8. The number of aldehydes is 1. The van der Waals surface area contributed by atoms with Gasteiger partial charge >= 0.3 is 0 Å². The van der Waals surface area contributed by atoms with Gasteiger partial charge in [-0.2, -0.15) is 4.98 Å². The molecule has 0 radical (unpaired) electrons. The van der Waals surface area contributed by atoms with Crippen LogP contribution in [0.25, 0.3) is 16.5 Å². The molecule has 202 valence electrons. The Morgan fingerprint density at radius 1 is 1.21 bits per heavy atom. The van der Waals surface area contributed by atoms with Crippen molar-refractivity contribution >= 4 is 34.5 Å². The van der Waals surface area contributed by atoms with Gasteiger partial charge in [-0.25, -0.2) is 4.98 Å². The van der Waals surface area contributed by atoms with Crippen LogP contribution in [0.4, 0.5) is 11.8 Å². The highest BCUT2D eigenvalue weighted by Gasteiger charge is 2.32. The standard InChI is InChI=1S/C30H38N4O4/c1-21(17-35)14-22(2)25-8-9-27-26(15-25)29(32-30(31-27)33-10-12-37-19-23(16-33)18-36)34-11-13-38-20-28(34)24-6-4-3-5-7-24/h3-6,8-9,15,17,21,23-24,28,36H,2,7,10-14,16,18-20H2,1H3/t21?,23?,24?,28-/m1/s1. The van der Waals surface area contributed by atoms with Crippen LogP contribution in [0.1, 0.15) is 25.3 Å². The Bertz CT molecular complexity index is 1210. The Morgan fingerprint density at radius 3 is 2.84 bits per heavy atom. The zero-order valence-electron chi connectivity index (χ0n) is 22.2. The number of aliphatic hydroxyl groups excluding tert-OH is 1.